The lowest BCUT2D eigenvalue weighted by Gasteiger charge is -2.29. The lowest BCUT2D eigenvalue weighted by atomic mass is 10.1. The topological polar surface area (TPSA) is 15.3 Å². The van der Waals surface area contributed by atoms with Gasteiger partial charge < -0.3 is 10.2 Å². The van der Waals surface area contributed by atoms with Crippen LogP contribution in [0, 0.1) is 0 Å². The third-order valence-corrected chi connectivity index (χ3v) is 3.57. The number of thiocarbonyl (C=S) groups is 1. The van der Waals surface area contributed by atoms with E-state index in [1.165, 1.54) is 19.3 Å². The summed E-state index contributed by atoms with van der Waals surface area (Å²) < 4.78 is 1.07. The molecular formula is C12H15BrN2S. The maximum absolute atomic E-state index is 5.40. The van der Waals surface area contributed by atoms with Gasteiger partial charge in [0.25, 0.3) is 0 Å². The Hall–Kier alpha value is -0.610. The molecule has 2 rings (SSSR count). The normalized spacial score (nSPS) is 15.9. The molecule has 0 radical (unpaired) electrons. The van der Waals surface area contributed by atoms with Crippen molar-refractivity contribution in [2.24, 2.45) is 0 Å². The van der Waals surface area contributed by atoms with E-state index in [0.29, 0.717) is 0 Å². The predicted octanol–water partition coefficient (Wildman–Crippen LogP) is 3.63. The van der Waals surface area contributed by atoms with Crippen LogP contribution in [0.3, 0.4) is 0 Å². The number of hydrogen-bond acceptors (Lipinski definition) is 1. The van der Waals surface area contributed by atoms with Crippen LogP contribution in [0.15, 0.2) is 28.7 Å². The Bertz CT molecular complexity index is 375. The van der Waals surface area contributed by atoms with E-state index >= 15 is 0 Å². The molecule has 1 aliphatic rings. The molecule has 86 valence electrons. The number of piperidine rings is 1. The fourth-order valence-electron chi connectivity index (χ4n) is 1.87. The van der Waals surface area contributed by atoms with Crippen LogP contribution in [0.4, 0.5) is 5.69 Å². The maximum Gasteiger partial charge on any atom is 0.173 e. The number of hydrogen-bond donors (Lipinski definition) is 1. The Labute approximate surface area is 110 Å². The molecule has 1 N–H and O–H groups in total. The molecule has 0 unspecified atom stereocenters. The van der Waals surface area contributed by atoms with Gasteiger partial charge in [0.2, 0.25) is 0 Å². The summed E-state index contributed by atoms with van der Waals surface area (Å²) >= 11 is 8.85. The molecule has 1 saturated heterocycles. The van der Waals surface area contributed by atoms with Crippen LogP contribution >= 0.6 is 28.1 Å². The first-order valence-corrected chi connectivity index (χ1v) is 6.77. The van der Waals surface area contributed by atoms with Crippen molar-refractivity contribution < 1.29 is 0 Å². The molecule has 0 aliphatic carbocycles. The van der Waals surface area contributed by atoms with Gasteiger partial charge in [0.15, 0.2) is 5.11 Å². The molecule has 0 amide bonds. The highest BCUT2D eigenvalue weighted by atomic mass is 79.9. The standard InChI is InChI=1S/C12H15BrN2S/c13-10-5-4-6-11(9-10)14-12(16)15-7-2-1-3-8-15/h4-6,9H,1-3,7-8H2,(H,14,16). The Balaban J connectivity index is 1.96. The first-order chi connectivity index (χ1) is 7.75. The van der Waals surface area contributed by atoms with Gasteiger partial charge >= 0.3 is 0 Å². The second kappa shape index (κ2) is 5.64. The quantitative estimate of drug-likeness (QED) is 0.797. The first-order valence-electron chi connectivity index (χ1n) is 5.57. The number of benzene rings is 1. The van der Waals surface area contributed by atoms with Crippen molar-refractivity contribution in [1.29, 1.82) is 0 Å². The summed E-state index contributed by atoms with van der Waals surface area (Å²) in [6, 6.07) is 8.08. The summed E-state index contributed by atoms with van der Waals surface area (Å²) in [4.78, 5) is 2.25. The van der Waals surface area contributed by atoms with Crippen molar-refractivity contribution in [2.75, 3.05) is 18.4 Å². The number of nitrogens with zero attached hydrogens (tertiary/aromatic N) is 1. The van der Waals surface area contributed by atoms with Crippen LogP contribution < -0.4 is 5.32 Å². The average Bonchev–Trinajstić information content (AvgIpc) is 2.30. The van der Waals surface area contributed by atoms with Crippen LogP contribution in [-0.4, -0.2) is 23.1 Å². The van der Waals surface area contributed by atoms with Gasteiger partial charge in [0, 0.05) is 23.2 Å². The minimum absolute atomic E-state index is 0.845. The van der Waals surface area contributed by atoms with Crippen molar-refractivity contribution in [2.45, 2.75) is 19.3 Å². The fraction of sp³-hybridized carbons (Fsp3) is 0.417. The minimum Gasteiger partial charge on any atom is -0.349 e. The predicted molar refractivity (Wildman–Crippen MR) is 75.8 cm³/mol. The molecule has 0 saturated carbocycles. The molecule has 1 aromatic rings. The molecule has 1 aromatic carbocycles. The van der Waals surface area contributed by atoms with Crippen LogP contribution in [0.2, 0.25) is 0 Å². The van der Waals surface area contributed by atoms with E-state index in [1.807, 2.05) is 24.3 Å². The van der Waals surface area contributed by atoms with Crippen molar-refractivity contribution in [3.63, 3.8) is 0 Å². The van der Waals surface area contributed by atoms with Crippen molar-refractivity contribution >= 4 is 38.9 Å². The SMILES string of the molecule is S=C(Nc1cccc(Br)c1)N1CCCCC1. The Kier molecular flexibility index (Phi) is 4.18. The summed E-state index contributed by atoms with van der Waals surface area (Å²) in [7, 11) is 0. The van der Waals surface area contributed by atoms with E-state index in [9.17, 15) is 0 Å². The monoisotopic (exact) mass is 298 g/mol. The summed E-state index contributed by atoms with van der Waals surface area (Å²) in [5.41, 5.74) is 1.05. The third-order valence-electron chi connectivity index (χ3n) is 2.72. The summed E-state index contributed by atoms with van der Waals surface area (Å²) in [5.74, 6) is 0. The third kappa shape index (κ3) is 3.19. The van der Waals surface area contributed by atoms with Crippen molar-refractivity contribution in [1.82, 2.24) is 4.90 Å². The summed E-state index contributed by atoms with van der Waals surface area (Å²) in [6.07, 6.45) is 3.83. The number of halogens is 1. The smallest absolute Gasteiger partial charge is 0.173 e. The fourth-order valence-corrected chi connectivity index (χ4v) is 2.57. The van der Waals surface area contributed by atoms with E-state index in [-0.39, 0.29) is 0 Å². The van der Waals surface area contributed by atoms with Crippen molar-refractivity contribution in [3.8, 4) is 0 Å². The average molecular weight is 299 g/mol. The molecule has 0 aromatic heterocycles. The first kappa shape index (κ1) is 11.9. The Morgan fingerprint density at radius 1 is 1.25 bits per heavy atom. The molecular weight excluding hydrogens is 284 g/mol. The van der Waals surface area contributed by atoms with Gasteiger partial charge in [-0.2, -0.15) is 0 Å². The van der Waals surface area contributed by atoms with Crippen molar-refractivity contribution in [3.05, 3.63) is 28.7 Å². The molecule has 0 bridgehead atoms. The van der Waals surface area contributed by atoms with Crippen LogP contribution in [-0.2, 0) is 0 Å². The maximum atomic E-state index is 5.40. The highest BCUT2D eigenvalue weighted by Gasteiger charge is 2.12. The highest BCUT2D eigenvalue weighted by Crippen LogP contribution is 2.17. The lowest BCUT2D eigenvalue weighted by molar-refractivity contribution is 0.346. The van der Waals surface area contributed by atoms with Crippen LogP contribution in [0.1, 0.15) is 19.3 Å². The van der Waals surface area contributed by atoms with Gasteiger partial charge in [0.05, 0.1) is 0 Å². The second-order valence-corrected chi connectivity index (χ2v) is 5.29. The van der Waals surface area contributed by atoms with E-state index < -0.39 is 0 Å². The molecule has 4 heteroatoms. The van der Waals surface area contributed by atoms with Gasteiger partial charge in [-0.25, -0.2) is 0 Å². The van der Waals surface area contributed by atoms with Gasteiger partial charge in [-0.1, -0.05) is 22.0 Å². The largest absolute Gasteiger partial charge is 0.349 e. The van der Waals surface area contributed by atoms with E-state index in [1.54, 1.807) is 0 Å². The van der Waals surface area contributed by atoms with Crippen LogP contribution in [0.5, 0.6) is 0 Å². The number of rotatable bonds is 1. The lowest BCUT2D eigenvalue weighted by Crippen LogP contribution is -2.38. The number of likely N-dealkylation sites (tertiary alicyclic amines) is 1. The van der Waals surface area contributed by atoms with Gasteiger partial charge in [-0.15, -0.1) is 0 Å². The second-order valence-electron chi connectivity index (χ2n) is 3.99. The van der Waals surface area contributed by atoms with Gasteiger partial charge in [-0.05, 0) is 49.7 Å². The minimum atomic E-state index is 0.845. The Morgan fingerprint density at radius 2 is 2.00 bits per heavy atom. The number of nitrogens with one attached hydrogen (secondary N) is 1. The molecule has 16 heavy (non-hydrogen) atoms. The van der Waals surface area contributed by atoms with E-state index in [2.05, 4.69) is 26.1 Å². The molecule has 1 fully saturated rings. The molecule has 0 atom stereocenters. The molecule has 1 aliphatic heterocycles. The zero-order valence-electron chi connectivity index (χ0n) is 9.08. The molecule has 2 nitrogen and oxygen atoms in total. The number of anilines is 1. The van der Waals surface area contributed by atoms with E-state index in [0.717, 1.165) is 28.4 Å². The molecule has 0 spiro atoms. The zero-order valence-corrected chi connectivity index (χ0v) is 11.5. The zero-order chi connectivity index (χ0) is 11.4. The highest BCUT2D eigenvalue weighted by molar-refractivity contribution is 9.10. The Morgan fingerprint density at radius 3 is 2.69 bits per heavy atom. The van der Waals surface area contributed by atoms with E-state index in [4.69, 9.17) is 12.2 Å². The molecule has 1 heterocycles. The van der Waals surface area contributed by atoms with Gasteiger partial charge in [0.1, 0.15) is 0 Å². The summed E-state index contributed by atoms with van der Waals surface area (Å²) in [5, 5.41) is 4.12. The van der Waals surface area contributed by atoms with Gasteiger partial charge in [-0.3, -0.25) is 0 Å². The summed E-state index contributed by atoms with van der Waals surface area (Å²) in [6.45, 7) is 2.17. The van der Waals surface area contributed by atoms with Crippen LogP contribution in [0.25, 0.3) is 0 Å².